The number of hydrogen-bond acceptors (Lipinski definition) is 7. The second-order valence-corrected chi connectivity index (χ2v) is 9.40. The molecule has 3 heterocycles. The molecule has 27 heavy (non-hydrogen) atoms. The number of nitrogens with zero attached hydrogens (tertiary/aromatic N) is 2. The van der Waals surface area contributed by atoms with E-state index >= 15 is 0 Å². The van der Waals surface area contributed by atoms with E-state index in [4.69, 9.17) is 9.15 Å². The van der Waals surface area contributed by atoms with Crippen LogP contribution in [-0.4, -0.2) is 38.7 Å². The second-order valence-electron chi connectivity index (χ2n) is 6.59. The summed E-state index contributed by atoms with van der Waals surface area (Å²) in [6.07, 6.45) is -0.0624. The Balaban J connectivity index is 1.84. The van der Waals surface area contributed by atoms with Gasteiger partial charge >= 0.3 is 0 Å². The van der Waals surface area contributed by atoms with E-state index in [1.807, 2.05) is 36.3 Å². The van der Waals surface area contributed by atoms with Crippen molar-refractivity contribution in [1.29, 1.82) is 0 Å². The van der Waals surface area contributed by atoms with Gasteiger partial charge in [-0.3, -0.25) is 0 Å². The van der Waals surface area contributed by atoms with Crippen molar-refractivity contribution in [2.75, 3.05) is 18.0 Å². The zero-order valence-corrected chi connectivity index (χ0v) is 16.7. The minimum atomic E-state index is -3.81. The Labute approximate surface area is 162 Å². The topological polar surface area (TPSA) is 72.6 Å². The van der Waals surface area contributed by atoms with Gasteiger partial charge in [-0.2, -0.15) is 4.98 Å². The van der Waals surface area contributed by atoms with Crippen LogP contribution in [0.15, 0.2) is 62.2 Å². The highest BCUT2D eigenvalue weighted by atomic mass is 32.2. The molecule has 1 aliphatic heterocycles. The predicted octanol–water partition coefficient (Wildman–Crippen LogP) is 3.85. The highest BCUT2D eigenvalue weighted by molar-refractivity contribution is 7.91. The minimum absolute atomic E-state index is 0.0312. The second kappa shape index (κ2) is 7.10. The van der Waals surface area contributed by atoms with Gasteiger partial charge in [0.15, 0.2) is 0 Å². The van der Waals surface area contributed by atoms with Crippen LogP contribution in [0, 0.1) is 0 Å². The molecule has 4 rings (SSSR count). The average molecular weight is 405 g/mol. The monoisotopic (exact) mass is 404 g/mol. The van der Waals surface area contributed by atoms with Crippen molar-refractivity contribution in [3.05, 3.63) is 47.8 Å². The molecule has 3 aromatic rings. The SMILES string of the molecule is C[C@H]1CN(c2oc(-c3cccs3)nc2S(=O)(=O)c2ccccc2)C[C@H](C)O1. The van der Waals surface area contributed by atoms with Crippen molar-refractivity contribution in [2.24, 2.45) is 0 Å². The number of anilines is 1. The number of rotatable bonds is 4. The van der Waals surface area contributed by atoms with E-state index in [2.05, 4.69) is 4.98 Å². The molecule has 0 N–H and O–H groups in total. The van der Waals surface area contributed by atoms with E-state index < -0.39 is 9.84 Å². The van der Waals surface area contributed by atoms with Gasteiger partial charge in [-0.25, -0.2) is 8.42 Å². The molecule has 1 saturated heterocycles. The number of ether oxygens (including phenoxy) is 1. The zero-order chi connectivity index (χ0) is 19.0. The molecule has 2 aromatic heterocycles. The van der Waals surface area contributed by atoms with Gasteiger partial charge in [0.1, 0.15) is 0 Å². The van der Waals surface area contributed by atoms with Crippen molar-refractivity contribution in [1.82, 2.24) is 4.98 Å². The van der Waals surface area contributed by atoms with Crippen molar-refractivity contribution in [2.45, 2.75) is 36.0 Å². The number of thiophene rings is 1. The lowest BCUT2D eigenvalue weighted by atomic mass is 10.2. The minimum Gasteiger partial charge on any atom is -0.418 e. The lowest BCUT2D eigenvalue weighted by molar-refractivity contribution is -0.00657. The molecular weight excluding hydrogens is 384 g/mol. The molecule has 0 unspecified atom stereocenters. The van der Waals surface area contributed by atoms with Crippen LogP contribution in [0.2, 0.25) is 0 Å². The van der Waals surface area contributed by atoms with Crippen molar-refractivity contribution >= 4 is 27.1 Å². The molecular formula is C19H20N2O4S2. The maximum atomic E-state index is 13.3. The van der Waals surface area contributed by atoms with Gasteiger partial charge in [0, 0.05) is 13.1 Å². The number of hydrogen-bond donors (Lipinski definition) is 0. The Morgan fingerprint density at radius 3 is 2.41 bits per heavy atom. The fourth-order valence-electron chi connectivity index (χ4n) is 3.23. The van der Waals surface area contributed by atoms with Gasteiger partial charge in [0.05, 0.1) is 22.0 Å². The average Bonchev–Trinajstić information content (AvgIpc) is 3.31. The number of sulfone groups is 1. The maximum absolute atomic E-state index is 13.3. The molecule has 142 valence electrons. The summed E-state index contributed by atoms with van der Waals surface area (Å²) in [5.74, 6) is 0.602. The first kappa shape index (κ1) is 18.2. The van der Waals surface area contributed by atoms with Crippen LogP contribution in [0.1, 0.15) is 13.8 Å². The molecule has 0 amide bonds. The van der Waals surface area contributed by atoms with Crippen molar-refractivity contribution in [3.8, 4) is 10.8 Å². The molecule has 1 fully saturated rings. The quantitative estimate of drug-likeness (QED) is 0.658. The van der Waals surface area contributed by atoms with E-state index in [1.165, 1.54) is 11.3 Å². The van der Waals surface area contributed by atoms with E-state index in [1.54, 1.807) is 30.3 Å². The van der Waals surface area contributed by atoms with E-state index in [0.717, 1.165) is 4.88 Å². The van der Waals surface area contributed by atoms with Crippen LogP contribution in [0.3, 0.4) is 0 Å². The van der Waals surface area contributed by atoms with E-state index in [-0.39, 0.29) is 28.0 Å². The third kappa shape index (κ3) is 3.52. The van der Waals surface area contributed by atoms with Gasteiger partial charge in [-0.05, 0) is 37.4 Å². The van der Waals surface area contributed by atoms with Crippen molar-refractivity contribution < 1.29 is 17.6 Å². The number of morpholine rings is 1. The lowest BCUT2D eigenvalue weighted by Gasteiger charge is -2.35. The first-order valence-electron chi connectivity index (χ1n) is 8.70. The van der Waals surface area contributed by atoms with Crippen LogP contribution in [0.4, 0.5) is 5.88 Å². The summed E-state index contributed by atoms with van der Waals surface area (Å²) >= 11 is 1.46. The third-order valence-electron chi connectivity index (χ3n) is 4.33. The van der Waals surface area contributed by atoms with Gasteiger partial charge in [-0.15, -0.1) is 11.3 Å². The Morgan fingerprint density at radius 2 is 1.78 bits per heavy atom. The van der Waals surface area contributed by atoms with E-state index in [0.29, 0.717) is 19.0 Å². The summed E-state index contributed by atoms with van der Waals surface area (Å²) in [6.45, 7) is 5.01. The first-order valence-corrected chi connectivity index (χ1v) is 11.1. The largest absolute Gasteiger partial charge is 0.418 e. The van der Waals surface area contributed by atoms with Crippen molar-refractivity contribution in [3.63, 3.8) is 0 Å². The van der Waals surface area contributed by atoms with Crippen LogP contribution in [0.25, 0.3) is 10.8 Å². The standard InChI is InChI=1S/C19H20N2O4S2/c1-13-11-21(12-14(2)24-13)19-18(20-17(25-19)16-9-6-10-26-16)27(22,23)15-7-4-3-5-8-15/h3-10,13-14H,11-12H2,1-2H3/t13-,14-/m0/s1. The fourth-order valence-corrected chi connectivity index (χ4v) is 5.23. The molecule has 0 radical (unpaired) electrons. The maximum Gasteiger partial charge on any atom is 0.240 e. The molecule has 1 aliphatic rings. The number of oxazole rings is 1. The van der Waals surface area contributed by atoms with E-state index in [9.17, 15) is 8.42 Å². The summed E-state index contributed by atoms with van der Waals surface area (Å²) in [5, 5.41) is 1.86. The molecule has 0 aliphatic carbocycles. The highest BCUT2D eigenvalue weighted by Crippen LogP contribution is 2.37. The molecule has 2 atom stereocenters. The summed E-state index contributed by atoms with van der Waals surface area (Å²) in [4.78, 5) is 7.31. The highest BCUT2D eigenvalue weighted by Gasteiger charge is 2.34. The molecule has 6 nitrogen and oxygen atoms in total. The van der Waals surface area contributed by atoms with Crippen LogP contribution in [0.5, 0.6) is 0 Å². The fraction of sp³-hybridized carbons (Fsp3) is 0.316. The Morgan fingerprint density at radius 1 is 1.07 bits per heavy atom. The van der Waals surface area contributed by atoms with Gasteiger partial charge in [0.2, 0.25) is 26.6 Å². The van der Waals surface area contributed by atoms with Crippen LogP contribution in [-0.2, 0) is 14.6 Å². The Bertz CT molecular complexity index is 1000. The lowest BCUT2D eigenvalue weighted by Crippen LogP contribution is -2.45. The van der Waals surface area contributed by atoms with Gasteiger partial charge in [0.25, 0.3) is 0 Å². The molecule has 0 bridgehead atoms. The predicted molar refractivity (Wildman–Crippen MR) is 104 cm³/mol. The smallest absolute Gasteiger partial charge is 0.240 e. The summed E-state index contributed by atoms with van der Waals surface area (Å²) < 4.78 is 38.3. The van der Waals surface area contributed by atoms with Gasteiger partial charge < -0.3 is 14.1 Å². The molecule has 0 spiro atoms. The first-order chi connectivity index (χ1) is 12.9. The Kier molecular flexibility index (Phi) is 4.79. The normalized spacial score (nSPS) is 20.7. The van der Waals surface area contributed by atoms with Crippen LogP contribution < -0.4 is 4.90 Å². The summed E-state index contributed by atoms with van der Waals surface area (Å²) in [5.41, 5.74) is 0. The number of benzene rings is 1. The molecule has 0 saturated carbocycles. The number of aromatic nitrogens is 1. The molecule has 8 heteroatoms. The van der Waals surface area contributed by atoms with Gasteiger partial charge in [-0.1, -0.05) is 24.3 Å². The zero-order valence-electron chi connectivity index (χ0n) is 15.0. The van der Waals surface area contributed by atoms with Crippen LogP contribution >= 0.6 is 11.3 Å². The molecule has 1 aromatic carbocycles. The third-order valence-corrected chi connectivity index (χ3v) is 6.85. The summed E-state index contributed by atoms with van der Waals surface area (Å²) in [6, 6.07) is 12.1. The Hall–Kier alpha value is -2.16. The summed E-state index contributed by atoms with van der Waals surface area (Å²) in [7, 11) is -3.81.